The van der Waals surface area contributed by atoms with Gasteiger partial charge in [0, 0.05) is 18.0 Å². The number of halogens is 1. The predicted octanol–water partition coefficient (Wildman–Crippen LogP) is 3.08. The van der Waals surface area contributed by atoms with Crippen LogP contribution in [0.3, 0.4) is 0 Å². The van der Waals surface area contributed by atoms with Gasteiger partial charge in [-0.15, -0.1) is 11.3 Å². The molecule has 0 radical (unpaired) electrons. The molecule has 2 aromatic rings. The second kappa shape index (κ2) is 5.82. The second-order valence-electron chi connectivity index (χ2n) is 4.42. The lowest BCUT2D eigenvalue weighted by Crippen LogP contribution is -2.13. The molecule has 0 aliphatic carbocycles. The highest BCUT2D eigenvalue weighted by Crippen LogP contribution is 2.29. The van der Waals surface area contributed by atoms with Crippen LogP contribution in [0.25, 0.3) is 10.2 Å². The average Bonchev–Trinajstić information content (AvgIpc) is 2.66. The lowest BCUT2D eigenvalue weighted by atomic mass is 10.1. The van der Waals surface area contributed by atoms with Gasteiger partial charge < -0.3 is 10.4 Å². The van der Waals surface area contributed by atoms with E-state index in [1.54, 1.807) is 11.3 Å². The zero-order valence-electron chi connectivity index (χ0n) is 10.4. The van der Waals surface area contributed by atoms with Crippen molar-refractivity contribution in [1.82, 2.24) is 9.97 Å². The van der Waals surface area contributed by atoms with Crippen LogP contribution in [0.1, 0.15) is 18.2 Å². The molecule has 0 aliphatic heterocycles. The van der Waals surface area contributed by atoms with Crippen LogP contribution in [0.15, 0.2) is 6.07 Å². The van der Waals surface area contributed by atoms with Gasteiger partial charge in [-0.25, -0.2) is 9.97 Å². The summed E-state index contributed by atoms with van der Waals surface area (Å²) in [5.74, 6) is 1.16. The van der Waals surface area contributed by atoms with E-state index in [1.807, 2.05) is 6.92 Å². The van der Waals surface area contributed by atoms with Crippen molar-refractivity contribution < 1.29 is 5.11 Å². The van der Waals surface area contributed by atoms with Gasteiger partial charge in [0.05, 0.1) is 5.39 Å². The number of thiophene rings is 1. The Labute approximate surface area is 115 Å². The first-order valence-electron chi connectivity index (χ1n) is 5.88. The minimum absolute atomic E-state index is 0.209. The van der Waals surface area contributed by atoms with Gasteiger partial charge in [-0.1, -0.05) is 6.92 Å². The topological polar surface area (TPSA) is 58.0 Å². The third kappa shape index (κ3) is 3.10. The molecule has 0 saturated carbocycles. The van der Waals surface area contributed by atoms with Gasteiger partial charge in [-0.3, -0.25) is 0 Å². The van der Waals surface area contributed by atoms with Crippen molar-refractivity contribution in [2.75, 3.05) is 18.5 Å². The molecule has 0 aromatic carbocycles. The summed E-state index contributed by atoms with van der Waals surface area (Å²) in [6.45, 7) is 5.10. The highest BCUT2D eigenvalue weighted by Gasteiger charge is 2.10. The van der Waals surface area contributed by atoms with E-state index in [4.69, 9.17) is 16.7 Å². The first-order valence-corrected chi connectivity index (χ1v) is 7.08. The molecule has 4 nitrogen and oxygen atoms in total. The van der Waals surface area contributed by atoms with Crippen LogP contribution in [0.5, 0.6) is 0 Å². The number of aryl methyl sites for hydroxylation is 1. The maximum Gasteiger partial charge on any atom is 0.225 e. The minimum Gasteiger partial charge on any atom is -0.396 e. The van der Waals surface area contributed by atoms with Crippen molar-refractivity contribution in [3.63, 3.8) is 0 Å². The predicted molar refractivity (Wildman–Crippen MR) is 76.5 cm³/mol. The van der Waals surface area contributed by atoms with Crippen LogP contribution in [-0.2, 0) is 0 Å². The molecule has 2 heterocycles. The third-order valence-electron chi connectivity index (χ3n) is 2.73. The van der Waals surface area contributed by atoms with Crippen LogP contribution in [0.2, 0.25) is 5.28 Å². The quantitative estimate of drug-likeness (QED) is 0.829. The van der Waals surface area contributed by atoms with E-state index in [2.05, 4.69) is 28.3 Å². The summed E-state index contributed by atoms with van der Waals surface area (Å²) in [6.07, 6.45) is 0.775. The van der Waals surface area contributed by atoms with Crippen molar-refractivity contribution in [2.45, 2.75) is 20.3 Å². The summed E-state index contributed by atoms with van der Waals surface area (Å²) in [5.41, 5.74) is 0. The van der Waals surface area contributed by atoms with Crippen molar-refractivity contribution >= 4 is 39.0 Å². The van der Waals surface area contributed by atoms with Crippen LogP contribution < -0.4 is 5.32 Å². The number of aliphatic hydroxyl groups is 1. The van der Waals surface area contributed by atoms with Crippen molar-refractivity contribution in [2.24, 2.45) is 5.92 Å². The molecule has 1 atom stereocenters. The number of aliphatic hydroxyl groups excluding tert-OH is 1. The Hall–Kier alpha value is -0.910. The molecule has 2 N–H and O–H groups in total. The number of fused-ring (bicyclic) bond motifs is 1. The van der Waals surface area contributed by atoms with Crippen LogP contribution >= 0.6 is 22.9 Å². The maximum absolute atomic E-state index is 8.88. The fourth-order valence-electron chi connectivity index (χ4n) is 1.74. The number of hydrogen-bond donors (Lipinski definition) is 2. The van der Waals surface area contributed by atoms with Gasteiger partial charge in [0.25, 0.3) is 0 Å². The standard InChI is InChI=1S/C12H16ClN3OS/c1-7(3-4-17)6-14-10-9-5-8(2)18-11(9)16-12(13)15-10/h5,7,17H,3-4,6H2,1-2H3,(H,14,15,16). The molecule has 0 aliphatic rings. The summed E-state index contributed by atoms with van der Waals surface area (Å²) < 4.78 is 0. The largest absolute Gasteiger partial charge is 0.396 e. The van der Waals surface area contributed by atoms with Gasteiger partial charge in [0.1, 0.15) is 10.6 Å². The molecular weight excluding hydrogens is 270 g/mol. The SMILES string of the molecule is Cc1cc2c(NCC(C)CCO)nc(Cl)nc2s1. The molecule has 2 aromatic heterocycles. The normalized spacial score (nSPS) is 12.9. The van der Waals surface area contributed by atoms with Crippen molar-refractivity contribution in [3.8, 4) is 0 Å². The van der Waals surface area contributed by atoms with Crippen LogP contribution in [0.4, 0.5) is 5.82 Å². The number of hydrogen-bond acceptors (Lipinski definition) is 5. The highest BCUT2D eigenvalue weighted by molar-refractivity contribution is 7.18. The van der Waals surface area contributed by atoms with Gasteiger partial charge in [-0.05, 0) is 36.9 Å². The van der Waals surface area contributed by atoms with E-state index in [1.165, 1.54) is 4.88 Å². The fraction of sp³-hybridized carbons (Fsp3) is 0.500. The molecule has 0 spiro atoms. The van der Waals surface area contributed by atoms with Crippen molar-refractivity contribution in [1.29, 1.82) is 0 Å². The first kappa shape index (κ1) is 13.5. The van der Waals surface area contributed by atoms with Crippen molar-refractivity contribution in [3.05, 3.63) is 16.2 Å². The molecule has 0 amide bonds. The maximum atomic E-state index is 8.88. The monoisotopic (exact) mass is 285 g/mol. The number of rotatable bonds is 5. The van der Waals surface area contributed by atoms with Gasteiger partial charge in [0.15, 0.2) is 0 Å². The number of nitrogens with one attached hydrogen (secondary N) is 1. The molecule has 6 heteroatoms. The summed E-state index contributed by atoms with van der Waals surface area (Å²) in [4.78, 5) is 10.5. The van der Waals surface area contributed by atoms with E-state index in [-0.39, 0.29) is 11.9 Å². The number of nitrogens with zero attached hydrogens (tertiary/aromatic N) is 2. The summed E-state index contributed by atoms with van der Waals surface area (Å²) >= 11 is 7.52. The molecule has 0 saturated heterocycles. The summed E-state index contributed by atoms with van der Waals surface area (Å²) in [6, 6.07) is 2.06. The Bertz CT molecular complexity index is 543. The number of anilines is 1. The van der Waals surface area contributed by atoms with Gasteiger partial charge in [0.2, 0.25) is 5.28 Å². The summed E-state index contributed by atoms with van der Waals surface area (Å²) in [5, 5.41) is 13.4. The highest BCUT2D eigenvalue weighted by atomic mass is 35.5. The molecule has 1 unspecified atom stereocenters. The van der Waals surface area contributed by atoms with E-state index in [0.717, 1.165) is 29.0 Å². The Kier molecular flexibility index (Phi) is 4.37. The summed E-state index contributed by atoms with van der Waals surface area (Å²) in [7, 11) is 0. The number of aromatic nitrogens is 2. The van der Waals surface area contributed by atoms with Crippen LogP contribution in [-0.4, -0.2) is 28.2 Å². The lowest BCUT2D eigenvalue weighted by molar-refractivity contribution is 0.266. The van der Waals surface area contributed by atoms with E-state index < -0.39 is 0 Å². The van der Waals surface area contributed by atoms with E-state index >= 15 is 0 Å². The molecule has 98 valence electrons. The molecule has 2 rings (SSSR count). The third-order valence-corrected chi connectivity index (χ3v) is 3.84. The minimum atomic E-state index is 0.209. The first-order chi connectivity index (χ1) is 8.60. The zero-order valence-corrected chi connectivity index (χ0v) is 12.0. The lowest BCUT2D eigenvalue weighted by Gasteiger charge is -2.12. The average molecular weight is 286 g/mol. The van der Waals surface area contributed by atoms with Gasteiger partial charge in [-0.2, -0.15) is 0 Å². The van der Waals surface area contributed by atoms with E-state index in [9.17, 15) is 0 Å². The van der Waals surface area contributed by atoms with Crippen LogP contribution in [0, 0.1) is 12.8 Å². The Balaban J connectivity index is 2.21. The van der Waals surface area contributed by atoms with Gasteiger partial charge >= 0.3 is 0 Å². The smallest absolute Gasteiger partial charge is 0.225 e. The second-order valence-corrected chi connectivity index (χ2v) is 5.99. The molecular formula is C12H16ClN3OS. The zero-order chi connectivity index (χ0) is 13.1. The Morgan fingerprint density at radius 2 is 2.28 bits per heavy atom. The fourth-order valence-corrected chi connectivity index (χ4v) is 2.84. The Morgan fingerprint density at radius 3 is 3.00 bits per heavy atom. The van der Waals surface area contributed by atoms with E-state index in [0.29, 0.717) is 5.92 Å². The molecule has 18 heavy (non-hydrogen) atoms. The molecule has 0 fully saturated rings. The Morgan fingerprint density at radius 1 is 1.50 bits per heavy atom. The molecule has 0 bridgehead atoms.